The number of hydrogen-bond donors (Lipinski definition) is 1. The van der Waals surface area contributed by atoms with Crippen LogP contribution in [0.25, 0.3) is 0 Å². The molecule has 134 valence electrons. The van der Waals surface area contributed by atoms with Crippen molar-refractivity contribution in [3.63, 3.8) is 0 Å². The van der Waals surface area contributed by atoms with Crippen LogP contribution in [0.2, 0.25) is 0 Å². The quantitative estimate of drug-likeness (QED) is 0.556. The normalized spacial score (nSPS) is 30.3. The third-order valence-electron chi connectivity index (χ3n) is 6.14. The summed E-state index contributed by atoms with van der Waals surface area (Å²) in [6, 6.07) is 0. The molecule has 1 aliphatic heterocycles. The molecule has 0 aromatic heterocycles. The van der Waals surface area contributed by atoms with E-state index < -0.39 is 0 Å². The van der Waals surface area contributed by atoms with E-state index in [0.29, 0.717) is 0 Å². The summed E-state index contributed by atoms with van der Waals surface area (Å²) in [4.78, 5) is 12.1. The highest BCUT2D eigenvalue weighted by Crippen LogP contribution is 2.40. The van der Waals surface area contributed by atoms with Gasteiger partial charge in [-0.3, -0.25) is 5.32 Å². The van der Waals surface area contributed by atoms with Crippen LogP contribution in [0.5, 0.6) is 0 Å². The maximum atomic E-state index is 6.06. The van der Waals surface area contributed by atoms with Crippen molar-refractivity contribution in [3.05, 3.63) is 0 Å². The van der Waals surface area contributed by atoms with Crippen LogP contribution >= 0.6 is 0 Å². The monoisotopic (exact) mass is 323 g/mol. The molecule has 1 saturated heterocycles. The summed E-state index contributed by atoms with van der Waals surface area (Å²) in [6.07, 6.45) is 23.3. The van der Waals surface area contributed by atoms with Crippen LogP contribution in [-0.2, 0) is 9.78 Å². The molecule has 3 heteroatoms. The molecule has 0 atom stereocenters. The third kappa shape index (κ3) is 5.17. The average molecular weight is 324 g/mol. The Hall–Kier alpha value is -0.120. The molecule has 2 saturated carbocycles. The lowest BCUT2D eigenvalue weighted by Gasteiger charge is -2.32. The fourth-order valence-corrected chi connectivity index (χ4v) is 4.69. The minimum Gasteiger partial charge on any atom is -0.256 e. The first-order valence-corrected chi connectivity index (χ1v) is 10.5. The van der Waals surface area contributed by atoms with E-state index in [2.05, 4.69) is 5.32 Å². The number of nitrogens with one attached hydrogen (secondary N) is 1. The first-order valence-electron chi connectivity index (χ1n) is 10.5. The Bertz CT molecular complexity index is 293. The molecule has 0 aromatic rings. The third-order valence-corrected chi connectivity index (χ3v) is 6.14. The smallest absolute Gasteiger partial charge is 0.156 e. The molecule has 0 amide bonds. The Morgan fingerprint density at radius 1 is 0.391 bits per heavy atom. The maximum absolute atomic E-state index is 6.06. The van der Waals surface area contributed by atoms with Gasteiger partial charge in [0.25, 0.3) is 0 Å². The van der Waals surface area contributed by atoms with E-state index in [4.69, 9.17) is 9.78 Å². The Kier molecular flexibility index (Phi) is 6.79. The molecule has 1 N–H and O–H groups in total. The number of rotatable bonds is 0. The molecule has 3 rings (SSSR count). The highest BCUT2D eigenvalue weighted by molar-refractivity contribution is 4.91. The summed E-state index contributed by atoms with van der Waals surface area (Å²) < 4.78 is 0. The van der Waals surface area contributed by atoms with Gasteiger partial charge in [-0.25, -0.2) is 9.78 Å². The predicted molar refractivity (Wildman–Crippen MR) is 93.9 cm³/mol. The van der Waals surface area contributed by atoms with Crippen molar-refractivity contribution in [2.75, 3.05) is 0 Å². The van der Waals surface area contributed by atoms with Crippen molar-refractivity contribution in [2.45, 2.75) is 127 Å². The van der Waals surface area contributed by atoms with Crippen molar-refractivity contribution in [2.24, 2.45) is 0 Å². The lowest BCUT2D eigenvalue weighted by Crippen LogP contribution is -2.51. The Labute approximate surface area is 142 Å². The van der Waals surface area contributed by atoms with E-state index in [9.17, 15) is 0 Å². The van der Waals surface area contributed by atoms with Gasteiger partial charge in [0.15, 0.2) is 11.4 Å². The summed E-state index contributed by atoms with van der Waals surface area (Å²) in [5, 5.41) is 3.91. The van der Waals surface area contributed by atoms with Crippen LogP contribution in [0.15, 0.2) is 0 Å². The van der Waals surface area contributed by atoms with Crippen molar-refractivity contribution in [3.8, 4) is 0 Å². The van der Waals surface area contributed by atoms with E-state index >= 15 is 0 Å². The van der Waals surface area contributed by atoms with Crippen LogP contribution in [-0.4, -0.2) is 11.4 Å². The van der Waals surface area contributed by atoms with Crippen LogP contribution in [0.3, 0.4) is 0 Å². The van der Waals surface area contributed by atoms with Crippen LogP contribution in [0.4, 0.5) is 0 Å². The molecule has 1 heterocycles. The topological polar surface area (TPSA) is 30.5 Å². The van der Waals surface area contributed by atoms with E-state index in [0.717, 1.165) is 25.7 Å². The standard InChI is InChI=1S/C20H37NO2/c1-3-7-11-15-19(16-12-8-4-1)21-20(23-22-19)17-13-9-5-2-6-10-14-18-20/h21H,1-18H2. The lowest BCUT2D eigenvalue weighted by molar-refractivity contribution is -0.355. The van der Waals surface area contributed by atoms with E-state index in [1.54, 1.807) is 0 Å². The molecule has 3 fully saturated rings. The minimum absolute atomic E-state index is 0.193. The van der Waals surface area contributed by atoms with E-state index in [1.165, 1.54) is 89.9 Å². The van der Waals surface area contributed by atoms with Gasteiger partial charge in [-0.15, -0.1) is 0 Å². The molecular weight excluding hydrogens is 286 g/mol. The Morgan fingerprint density at radius 3 is 0.957 bits per heavy atom. The van der Waals surface area contributed by atoms with Gasteiger partial charge in [0.05, 0.1) is 0 Å². The van der Waals surface area contributed by atoms with Gasteiger partial charge >= 0.3 is 0 Å². The van der Waals surface area contributed by atoms with E-state index in [1.807, 2.05) is 0 Å². The van der Waals surface area contributed by atoms with Crippen molar-refractivity contribution in [1.82, 2.24) is 5.32 Å². The van der Waals surface area contributed by atoms with Gasteiger partial charge < -0.3 is 0 Å². The number of hydrogen-bond acceptors (Lipinski definition) is 3. The largest absolute Gasteiger partial charge is 0.256 e. The van der Waals surface area contributed by atoms with Gasteiger partial charge in [-0.05, 0) is 51.4 Å². The minimum atomic E-state index is -0.193. The van der Waals surface area contributed by atoms with E-state index in [-0.39, 0.29) is 11.4 Å². The first-order chi connectivity index (χ1) is 11.3. The van der Waals surface area contributed by atoms with Crippen molar-refractivity contribution < 1.29 is 9.78 Å². The van der Waals surface area contributed by atoms with Gasteiger partial charge in [0, 0.05) is 0 Å². The molecule has 0 unspecified atom stereocenters. The highest BCUT2D eigenvalue weighted by atomic mass is 17.2. The summed E-state index contributed by atoms with van der Waals surface area (Å²) in [6.45, 7) is 0. The fraction of sp³-hybridized carbons (Fsp3) is 1.00. The zero-order valence-corrected chi connectivity index (χ0v) is 15.0. The zero-order chi connectivity index (χ0) is 15.8. The predicted octanol–water partition coefficient (Wildman–Crippen LogP) is 5.98. The van der Waals surface area contributed by atoms with Crippen LogP contribution in [0.1, 0.15) is 116 Å². The molecule has 0 aromatic carbocycles. The van der Waals surface area contributed by atoms with Gasteiger partial charge in [-0.1, -0.05) is 64.2 Å². The molecule has 23 heavy (non-hydrogen) atoms. The second-order valence-electron chi connectivity index (χ2n) is 8.23. The zero-order valence-electron chi connectivity index (χ0n) is 15.0. The summed E-state index contributed by atoms with van der Waals surface area (Å²) in [5.74, 6) is 0. The second kappa shape index (κ2) is 8.82. The first kappa shape index (κ1) is 17.7. The average Bonchev–Trinajstić information content (AvgIpc) is 2.92. The molecule has 3 aliphatic rings. The Balaban J connectivity index is 1.62. The van der Waals surface area contributed by atoms with Gasteiger partial charge in [0.1, 0.15) is 0 Å². The lowest BCUT2D eigenvalue weighted by atomic mass is 9.90. The molecule has 0 bridgehead atoms. The summed E-state index contributed by atoms with van der Waals surface area (Å²) >= 11 is 0. The highest BCUT2D eigenvalue weighted by Gasteiger charge is 2.49. The fourth-order valence-electron chi connectivity index (χ4n) is 4.69. The van der Waals surface area contributed by atoms with Crippen molar-refractivity contribution >= 4 is 0 Å². The summed E-state index contributed by atoms with van der Waals surface area (Å²) in [7, 11) is 0. The second-order valence-corrected chi connectivity index (χ2v) is 8.23. The van der Waals surface area contributed by atoms with Crippen molar-refractivity contribution in [1.29, 1.82) is 0 Å². The summed E-state index contributed by atoms with van der Waals surface area (Å²) in [5.41, 5.74) is -0.386. The van der Waals surface area contributed by atoms with Gasteiger partial charge in [-0.2, -0.15) is 0 Å². The Morgan fingerprint density at radius 2 is 0.652 bits per heavy atom. The van der Waals surface area contributed by atoms with Gasteiger partial charge in [0.2, 0.25) is 0 Å². The molecular formula is C20H37NO2. The molecule has 2 aliphatic carbocycles. The SMILES string of the molecule is C1CCCCC2(CCCC1)NC1(CCCCCCCCC1)OO2. The molecule has 0 radical (unpaired) electrons. The van der Waals surface area contributed by atoms with Crippen LogP contribution in [0, 0.1) is 0 Å². The maximum Gasteiger partial charge on any atom is 0.156 e. The molecule has 3 nitrogen and oxygen atoms in total. The van der Waals surface area contributed by atoms with Crippen LogP contribution < -0.4 is 5.32 Å². The molecule has 2 spiro atoms.